The van der Waals surface area contributed by atoms with Gasteiger partial charge in [0.05, 0.1) is 0 Å². The average Bonchev–Trinajstić information content (AvgIpc) is 2.58. The first kappa shape index (κ1) is 16.2. The Morgan fingerprint density at radius 3 is 1.52 bits per heavy atom. The summed E-state index contributed by atoms with van der Waals surface area (Å²) in [4.78, 5) is 0. The van der Waals surface area contributed by atoms with Crippen molar-refractivity contribution in [2.45, 2.75) is 13.8 Å². The van der Waals surface area contributed by atoms with Crippen molar-refractivity contribution in [1.29, 1.82) is 0 Å². The molecule has 0 fully saturated rings. The first-order valence-electron chi connectivity index (χ1n) is 7.78. The third-order valence-electron chi connectivity index (χ3n) is 3.96. The Morgan fingerprint density at radius 2 is 1.00 bits per heavy atom. The third-order valence-corrected chi connectivity index (χ3v) is 5.84. The predicted octanol–water partition coefficient (Wildman–Crippen LogP) is 5.39. The number of aryl methyl sites for hydroxylation is 2. The second kappa shape index (κ2) is 7.24. The Kier molecular flexibility index (Phi) is 5.08. The average molecular weight is 492 g/mol. The molecular formula is C22H19Bi. The number of benzene rings is 3. The summed E-state index contributed by atoms with van der Waals surface area (Å²) in [6.07, 6.45) is 0. The molecule has 0 nitrogen and oxygen atoms in total. The number of rotatable bonds is 3. The Labute approximate surface area is 153 Å². The molecule has 0 saturated heterocycles. The fourth-order valence-corrected chi connectivity index (χ4v) is 4.20. The molecule has 0 saturated carbocycles. The Balaban J connectivity index is 2.20. The summed E-state index contributed by atoms with van der Waals surface area (Å²) in [5.41, 5.74) is 7.85. The monoisotopic (exact) mass is 492 g/mol. The molecule has 2 radical (unpaired) electrons. The van der Waals surface area contributed by atoms with E-state index in [1.54, 1.807) is 0 Å². The molecule has 0 bridgehead atoms. The number of hydrogen-bond donors (Lipinski definition) is 0. The molecule has 0 aliphatic carbocycles. The van der Waals surface area contributed by atoms with Crippen molar-refractivity contribution in [3.63, 3.8) is 0 Å². The van der Waals surface area contributed by atoms with Crippen LogP contribution in [0, 0.1) is 13.8 Å². The molecule has 0 aromatic heterocycles. The Morgan fingerprint density at radius 1 is 0.565 bits per heavy atom. The molecule has 0 amide bonds. The molecule has 0 atom stereocenters. The summed E-state index contributed by atoms with van der Waals surface area (Å²) in [7, 11) is 0. The van der Waals surface area contributed by atoms with Gasteiger partial charge in [-0.3, -0.25) is 0 Å². The van der Waals surface area contributed by atoms with E-state index >= 15 is 0 Å². The zero-order chi connectivity index (χ0) is 16.2. The van der Waals surface area contributed by atoms with E-state index in [-0.39, 0.29) is 0 Å². The minimum absolute atomic E-state index is 1.25. The van der Waals surface area contributed by atoms with Crippen molar-refractivity contribution in [3.05, 3.63) is 107 Å². The topological polar surface area (TPSA) is 0 Å². The van der Waals surface area contributed by atoms with Crippen molar-refractivity contribution in [2.75, 3.05) is 0 Å². The Hall–Kier alpha value is -1.72. The van der Waals surface area contributed by atoms with E-state index in [1.165, 1.54) is 61.4 Å². The standard InChI is InChI=1S/C22H19.Bi/c1-17-8-12-19(13-9-17)16-22(20-6-4-3-5-7-20)21-14-10-18(2)11-15-21;/h3-15H,1-2H3;. The van der Waals surface area contributed by atoms with Gasteiger partial charge >= 0.3 is 154 Å². The van der Waals surface area contributed by atoms with Crippen molar-refractivity contribution in [1.82, 2.24) is 0 Å². The van der Waals surface area contributed by atoms with Crippen LogP contribution in [0.2, 0.25) is 0 Å². The van der Waals surface area contributed by atoms with E-state index in [0.29, 0.717) is 0 Å². The molecular weight excluding hydrogens is 473 g/mol. The zero-order valence-electron chi connectivity index (χ0n) is 13.5. The fourth-order valence-electron chi connectivity index (χ4n) is 2.62. The second-order valence-corrected chi connectivity index (χ2v) is 7.56. The molecule has 1 heteroatoms. The van der Waals surface area contributed by atoms with E-state index in [4.69, 9.17) is 0 Å². The van der Waals surface area contributed by atoms with Gasteiger partial charge in [0.15, 0.2) is 0 Å². The molecule has 0 unspecified atom stereocenters. The summed E-state index contributed by atoms with van der Waals surface area (Å²) in [5.74, 6) is 0. The minimum atomic E-state index is 1.25. The molecule has 3 aromatic carbocycles. The molecule has 3 aromatic rings. The first-order valence-corrected chi connectivity index (χ1v) is 9.52. The van der Waals surface area contributed by atoms with Gasteiger partial charge in [0.25, 0.3) is 0 Å². The van der Waals surface area contributed by atoms with Crippen LogP contribution in [0.25, 0.3) is 8.85 Å². The van der Waals surface area contributed by atoms with Crippen LogP contribution in [0.15, 0.2) is 78.9 Å². The van der Waals surface area contributed by atoms with Gasteiger partial charge < -0.3 is 0 Å². The van der Waals surface area contributed by atoms with Gasteiger partial charge in [-0.2, -0.15) is 0 Å². The normalized spacial score (nSPS) is 12.0. The van der Waals surface area contributed by atoms with Crippen molar-refractivity contribution in [3.8, 4) is 0 Å². The van der Waals surface area contributed by atoms with Crippen LogP contribution in [0.4, 0.5) is 0 Å². The van der Waals surface area contributed by atoms with Crippen LogP contribution < -0.4 is 0 Å². The van der Waals surface area contributed by atoms with E-state index < -0.39 is 0 Å². The van der Waals surface area contributed by atoms with Gasteiger partial charge in [0.1, 0.15) is 0 Å². The fraction of sp³-hybridized carbons (Fsp3) is 0.0909. The van der Waals surface area contributed by atoms with Gasteiger partial charge in [0.2, 0.25) is 0 Å². The van der Waals surface area contributed by atoms with E-state index in [1.807, 2.05) is 0 Å². The molecule has 0 aliphatic heterocycles. The van der Waals surface area contributed by atoms with Crippen molar-refractivity contribution in [2.24, 2.45) is 0 Å². The van der Waals surface area contributed by atoms with Gasteiger partial charge in [-0.05, 0) is 0 Å². The van der Waals surface area contributed by atoms with Crippen LogP contribution in [-0.2, 0) is 0 Å². The first-order chi connectivity index (χ1) is 11.1. The van der Waals surface area contributed by atoms with E-state index in [2.05, 4.69) is 92.7 Å². The van der Waals surface area contributed by atoms with Crippen molar-refractivity contribution >= 4 is 33.6 Å². The molecule has 112 valence electrons. The summed E-state index contributed by atoms with van der Waals surface area (Å²) in [6.45, 7) is 4.27. The van der Waals surface area contributed by atoms with Crippen LogP contribution in [0.3, 0.4) is 0 Å². The van der Waals surface area contributed by atoms with E-state index in [9.17, 15) is 0 Å². The second-order valence-electron chi connectivity index (χ2n) is 5.82. The van der Waals surface area contributed by atoms with Crippen LogP contribution >= 0.6 is 0 Å². The molecule has 23 heavy (non-hydrogen) atoms. The van der Waals surface area contributed by atoms with Gasteiger partial charge in [0, 0.05) is 0 Å². The van der Waals surface area contributed by atoms with Gasteiger partial charge in [-0.25, -0.2) is 0 Å². The molecule has 0 N–H and O–H groups in total. The molecule has 0 heterocycles. The van der Waals surface area contributed by atoms with Crippen LogP contribution in [-0.4, -0.2) is 24.7 Å². The summed E-state index contributed by atoms with van der Waals surface area (Å²) < 4.78 is 1.42. The Bertz CT molecular complexity index is 810. The third kappa shape index (κ3) is 3.79. The summed E-state index contributed by atoms with van der Waals surface area (Å²) >= 11 is 1.25. The summed E-state index contributed by atoms with van der Waals surface area (Å²) in [5, 5.41) is 0. The summed E-state index contributed by atoms with van der Waals surface area (Å²) in [6, 6.07) is 28.4. The quantitative estimate of drug-likeness (QED) is 0.340. The maximum atomic E-state index is 2.24. The van der Waals surface area contributed by atoms with Crippen molar-refractivity contribution < 1.29 is 0 Å². The number of hydrogen-bond acceptors (Lipinski definition) is 0. The molecule has 0 spiro atoms. The molecule has 3 rings (SSSR count). The SMILES string of the molecule is Cc1ccc([C]([Bi])=C(c2ccccc2)c2ccc(C)cc2)cc1. The van der Waals surface area contributed by atoms with Crippen LogP contribution in [0.5, 0.6) is 0 Å². The van der Waals surface area contributed by atoms with Gasteiger partial charge in [-0.15, -0.1) is 0 Å². The zero-order valence-corrected chi connectivity index (χ0v) is 16.9. The van der Waals surface area contributed by atoms with Crippen LogP contribution in [0.1, 0.15) is 27.8 Å². The van der Waals surface area contributed by atoms with Gasteiger partial charge in [-0.1, -0.05) is 0 Å². The molecule has 0 aliphatic rings. The van der Waals surface area contributed by atoms with E-state index in [0.717, 1.165) is 0 Å². The predicted molar refractivity (Wildman–Crippen MR) is 100 cm³/mol. The maximum absolute atomic E-state index is 2.24.